The molecule has 2 nitrogen and oxygen atoms in total. The fraction of sp³-hybridized carbons (Fsp3) is 0.182. The van der Waals surface area contributed by atoms with Gasteiger partial charge in [0.15, 0.2) is 0 Å². The molecule has 2 N–H and O–H groups in total. The number of halogens is 1. The first kappa shape index (κ1) is 10.4. The summed E-state index contributed by atoms with van der Waals surface area (Å²) in [6.07, 6.45) is 0.622. The maximum atomic E-state index is 8.80. The zero-order valence-electron chi connectivity index (χ0n) is 7.55. The molecule has 0 unspecified atom stereocenters. The zero-order valence-corrected chi connectivity index (χ0v) is 8.30. The van der Waals surface area contributed by atoms with Crippen molar-refractivity contribution in [3.63, 3.8) is 0 Å². The van der Waals surface area contributed by atoms with Gasteiger partial charge in [-0.25, -0.2) is 0 Å². The molecule has 0 aliphatic rings. The Labute approximate surface area is 88.3 Å². The largest absolute Gasteiger partial charge is 0.399 e. The van der Waals surface area contributed by atoms with Gasteiger partial charge >= 0.3 is 0 Å². The van der Waals surface area contributed by atoms with Gasteiger partial charge in [-0.2, -0.15) is 5.26 Å². The first-order chi connectivity index (χ1) is 6.77. The number of nitrogens with zero attached hydrogens (tertiary/aromatic N) is 1. The average molecular weight is 205 g/mol. The van der Waals surface area contributed by atoms with Gasteiger partial charge in [-0.3, -0.25) is 0 Å². The van der Waals surface area contributed by atoms with E-state index in [1.165, 1.54) is 0 Å². The van der Waals surface area contributed by atoms with Crippen molar-refractivity contribution in [2.75, 3.05) is 11.6 Å². The summed E-state index contributed by atoms with van der Waals surface area (Å²) in [5.41, 5.74) is 7.32. The Morgan fingerprint density at radius 2 is 2.14 bits per heavy atom. The van der Waals surface area contributed by atoms with Crippen LogP contribution in [0.1, 0.15) is 17.5 Å². The van der Waals surface area contributed by atoms with E-state index in [-0.39, 0.29) is 0 Å². The summed E-state index contributed by atoms with van der Waals surface area (Å²) in [5, 5.41) is 8.80. The number of rotatable bonds is 1. The van der Waals surface area contributed by atoms with Gasteiger partial charge in [0, 0.05) is 23.6 Å². The second-order valence-corrected chi connectivity index (χ2v) is 3.04. The van der Waals surface area contributed by atoms with E-state index in [1.807, 2.05) is 6.07 Å². The first-order valence-corrected chi connectivity index (χ1v) is 4.66. The second kappa shape index (κ2) is 5.17. The summed E-state index contributed by atoms with van der Waals surface area (Å²) in [4.78, 5) is 0. The summed E-state index contributed by atoms with van der Waals surface area (Å²) in [7, 11) is 0. The Hall–Kier alpha value is -1.64. The second-order valence-electron chi connectivity index (χ2n) is 2.66. The molecule has 0 heterocycles. The third-order valence-electron chi connectivity index (χ3n) is 1.61. The highest BCUT2D eigenvalue weighted by Gasteiger charge is 1.98. The number of nitrogens with two attached hydrogens (primary N) is 1. The van der Waals surface area contributed by atoms with Crippen molar-refractivity contribution >= 4 is 17.3 Å². The fourth-order valence-electron chi connectivity index (χ4n) is 0.968. The fourth-order valence-corrected chi connectivity index (χ4v) is 1.06. The summed E-state index contributed by atoms with van der Waals surface area (Å²) in [6.45, 7) is 0. The van der Waals surface area contributed by atoms with E-state index >= 15 is 0 Å². The maximum Gasteiger partial charge on any atom is 0.101 e. The third kappa shape index (κ3) is 2.69. The van der Waals surface area contributed by atoms with Crippen LogP contribution in [0.5, 0.6) is 0 Å². The van der Waals surface area contributed by atoms with E-state index < -0.39 is 0 Å². The van der Waals surface area contributed by atoms with Crippen LogP contribution in [0.15, 0.2) is 18.2 Å². The summed E-state index contributed by atoms with van der Waals surface area (Å²) in [5.74, 6) is 6.26. The van der Waals surface area contributed by atoms with Crippen LogP contribution in [-0.2, 0) is 0 Å². The van der Waals surface area contributed by atoms with Crippen molar-refractivity contribution in [2.24, 2.45) is 0 Å². The maximum absolute atomic E-state index is 8.80. The first-order valence-electron chi connectivity index (χ1n) is 4.12. The van der Waals surface area contributed by atoms with Gasteiger partial charge in [0.1, 0.15) is 6.07 Å². The smallest absolute Gasteiger partial charge is 0.101 e. The Balaban J connectivity index is 3.00. The predicted octanol–water partition coefficient (Wildman–Crippen LogP) is 2.12. The van der Waals surface area contributed by atoms with Gasteiger partial charge in [0.25, 0.3) is 0 Å². The Morgan fingerprint density at radius 3 is 2.79 bits per heavy atom. The molecule has 0 aliphatic heterocycles. The molecule has 0 spiro atoms. The molecule has 0 saturated heterocycles. The van der Waals surface area contributed by atoms with Crippen LogP contribution in [0.4, 0.5) is 5.69 Å². The van der Waals surface area contributed by atoms with Gasteiger partial charge in [-0.1, -0.05) is 11.8 Å². The van der Waals surface area contributed by atoms with Crippen molar-refractivity contribution in [1.82, 2.24) is 0 Å². The third-order valence-corrected chi connectivity index (χ3v) is 1.80. The number of nitrogen functional groups attached to an aromatic ring is 1. The molecule has 0 bridgehead atoms. The monoisotopic (exact) mass is 204 g/mol. The van der Waals surface area contributed by atoms with Gasteiger partial charge in [0.2, 0.25) is 0 Å². The standard InChI is InChI=1S/C11H9ClN2/c12-6-2-1-3-9-4-5-11(14)7-10(9)8-13/h4-5,7H,2,6,14H2. The molecular formula is C11H9ClN2. The number of anilines is 1. The van der Waals surface area contributed by atoms with Crippen LogP contribution in [0.25, 0.3) is 0 Å². The molecule has 0 fully saturated rings. The molecule has 0 amide bonds. The van der Waals surface area contributed by atoms with Gasteiger partial charge in [-0.15, -0.1) is 11.6 Å². The molecule has 0 aliphatic carbocycles. The highest BCUT2D eigenvalue weighted by Crippen LogP contribution is 2.11. The minimum Gasteiger partial charge on any atom is -0.399 e. The number of nitriles is 1. The molecule has 1 aromatic carbocycles. The minimum atomic E-state index is 0.504. The van der Waals surface area contributed by atoms with Crippen molar-refractivity contribution in [3.05, 3.63) is 29.3 Å². The number of benzene rings is 1. The predicted molar refractivity (Wildman–Crippen MR) is 57.8 cm³/mol. The normalized spacial score (nSPS) is 8.57. The zero-order chi connectivity index (χ0) is 10.4. The quantitative estimate of drug-likeness (QED) is 0.433. The lowest BCUT2D eigenvalue weighted by molar-refractivity contribution is 1.29. The molecule has 14 heavy (non-hydrogen) atoms. The van der Waals surface area contributed by atoms with E-state index in [2.05, 4.69) is 11.8 Å². The average Bonchev–Trinajstić information content (AvgIpc) is 2.20. The van der Waals surface area contributed by atoms with E-state index in [0.717, 1.165) is 0 Å². The van der Waals surface area contributed by atoms with Crippen LogP contribution in [0, 0.1) is 23.2 Å². The Bertz CT molecular complexity index is 421. The Morgan fingerprint density at radius 1 is 1.36 bits per heavy atom. The van der Waals surface area contributed by atoms with E-state index in [0.29, 0.717) is 29.1 Å². The van der Waals surface area contributed by atoms with E-state index in [4.69, 9.17) is 22.6 Å². The van der Waals surface area contributed by atoms with Crippen LogP contribution in [-0.4, -0.2) is 5.88 Å². The molecule has 70 valence electrons. The van der Waals surface area contributed by atoms with Crippen molar-refractivity contribution in [2.45, 2.75) is 6.42 Å². The highest BCUT2D eigenvalue weighted by atomic mass is 35.5. The molecule has 0 atom stereocenters. The van der Waals surface area contributed by atoms with E-state index in [1.54, 1.807) is 18.2 Å². The van der Waals surface area contributed by atoms with Crippen molar-refractivity contribution < 1.29 is 0 Å². The van der Waals surface area contributed by atoms with Crippen LogP contribution in [0.3, 0.4) is 0 Å². The topological polar surface area (TPSA) is 49.8 Å². The number of hydrogen-bond donors (Lipinski definition) is 1. The molecular weight excluding hydrogens is 196 g/mol. The van der Waals surface area contributed by atoms with Crippen LogP contribution < -0.4 is 5.73 Å². The van der Waals surface area contributed by atoms with Crippen LogP contribution in [0.2, 0.25) is 0 Å². The number of alkyl halides is 1. The van der Waals surface area contributed by atoms with Gasteiger partial charge < -0.3 is 5.73 Å². The van der Waals surface area contributed by atoms with Gasteiger partial charge in [0.05, 0.1) is 5.56 Å². The summed E-state index contributed by atoms with van der Waals surface area (Å²) < 4.78 is 0. The molecule has 0 saturated carbocycles. The van der Waals surface area contributed by atoms with Crippen LogP contribution >= 0.6 is 11.6 Å². The van der Waals surface area contributed by atoms with Crippen molar-refractivity contribution in [1.29, 1.82) is 5.26 Å². The van der Waals surface area contributed by atoms with Crippen molar-refractivity contribution in [3.8, 4) is 17.9 Å². The lowest BCUT2D eigenvalue weighted by Crippen LogP contribution is -1.89. The lowest BCUT2D eigenvalue weighted by Gasteiger charge is -1.96. The molecule has 1 aromatic rings. The molecule has 0 radical (unpaired) electrons. The summed E-state index contributed by atoms with van der Waals surface area (Å²) in [6, 6.07) is 7.14. The van der Waals surface area contributed by atoms with Gasteiger partial charge in [-0.05, 0) is 18.2 Å². The highest BCUT2D eigenvalue weighted by molar-refractivity contribution is 6.18. The summed E-state index contributed by atoms with van der Waals surface area (Å²) >= 11 is 5.48. The molecule has 0 aromatic heterocycles. The molecule has 3 heteroatoms. The lowest BCUT2D eigenvalue weighted by atomic mass is 10.1. The molecule has 1 rings (SSSR count). The van der Waals surface area contributed by atoms with E-state index in [9.17, 15) is 0 Å². The Kier molecular flexibility index (Phi) is 3.85. The minimum absolute atomic E-state index is 0.504. The number of hydrogen-bond acceptors (Lipinski definition) is 2. The SMILES string of the molecule is N#Cc1cc(N)ccc1C#CCCCl.